The zero-order valence-electron chi connectivity index (χ0n) is 18.9. The summed E-state index contributed by atoms with van der Waals surface area (Å²) in [6.45, 7) is 14.9. The number of guanidine groups is 1. The lowest BCUT2D eigenvalue weighted by Gasteiger charge is -2.40. The Hall–Kier alpha value is -2.12. The maximum absolute atomic E-state index is 11.1. The highest BCUT2D eigenvalue weighted by atomic mass is 16.5. The number of aromatic carboxylic acids is 1. The Kier molecular flexibility index (Phi) is 10.1. The fraction of sp³-hybridized carbons (Fsp3) is 0.652. The number of benzene rings is 1. The largest absolute Gasteiger partial charge is 0.478 e. The van der Waals surface area contributed by atoms with Gasteiger partial charge in [-0.25, -0.2) is 4.79 Å². The standard InChI is InChI=1S/C23H38N4O3/c1-5-30-16-6-11-24-23(25-21-9-7-20(8-10-21)22(28)29)27-14-12-26(13-15-27)19(4)17-18(2)3/h7-10,18-19H,5-6,11-17H2,1-4H3,(H,24,25)(H,28,29)/t19-/m0/s1. The predicted molar refractivity (Wildman–Crippen MR) is 122 cm³/mol. The highest BCUT2D eigenvalue weighted by molar-refractivity contribution is 5.94. The van der Waals surface area contributed by atoms with Crippen LogP contribution in [0.5, 0.6) is 0 Å². The van der Waals surface area contributed by atoms with Gasteiger partial charge in [-0.3, -0.25) is 9.89 Å². The van der Waals surface area contributed by atoms with Crippen molar-refractivity contribution in [2.45, 2.75) is 46.6 Å². The molecule has 168 valence electrons. The van der Waals surface area contributed by atoms with E-state index in [0.717, 1.165) is 50.9 Å². The smallest absolute Gasteiger partial charge is 0.335 e. The monoisotopic (exact) mass is 418 g/mol. The number of carboxylic acid groups (broad SMARTS) is 1. The van der Waals surface area contributed by atoms with Crippen molar-refractivity contribution in [2.75, 3.05) is 51.3 Å². The number of carbonyl (C=O) groups is 1. The first-order valence-corrected chi connectivity index (χ1v) is 11.1. The summed E-state index contributed by atoms with van der Waals surface area (Å²) in [5.41, 5.74) is 1.13. The van der Waals surface area contributed by atoms with Gasteiger partial charge in [0.2, 0.25) is 0 Å². The van der Waals surface area contributed by atoms with E-state index in [1.807, 2.05) is 6.92 Å². The lowest BCUT2D eigenvalue weighted by molar-refractivity contribution is 0.0697. The number of hydrogen-bond donors (Lipinski definition) is 2. The number of rotatable bonds is 10. The third-order valence-electron chi connectivity index (χ3n) is 5.35. The molecule has 0 unspecified atom stereocenters. The van der Waals surface area contributed by atoms with E-state index in [0.29, 0.717) is 25.1 Å². The number of nitrogens with zero attached hydrogens (tertiary/aromatic N) is 3. The van der Waals surface area contributed by atoms with Crippen LogP contribution in [0.1, 0.15) is 50.9 Å². The molecule has 0 saturated carbocycles. The van der Waals surface area contributed by atoms with Crippen LogP contribution >= 0.6 is 0 Å². The molecule has 1 fully saturated rings. The van der Waals surface area contributed by atoms with Crippen LogP contribution in [-0.4, -0.2) is 78.8 Å². The van der Waals surface area contributed by atoms with Gasteiger partial charge in [-0.05, 0) is 56.9 Å². The lowest BCUT2D eigenvalue weighted by atomic mass is 10.0. The molecule has 1 heterocycles. The third-order valence-corrected chi connectivity index (χ3v) is 5.35. The summed E-state index contributed by atoms with van der Waals surface area (Å²) in [5.74, 6) is 0.639. The second kappa shape index (κ2) is 12.5. The number of anilines is 1. The molecule has 1 aliphatic heterocycles. The third kappa shape index (κ3) is 7.95. The van der Waals surface area contributed by atoms with E-state index < -0.39 is 5.97 Å². The zero-order chi connectivity index (χ0) is 21.9. The van der Waals surface area contributed by atoms with Gasteiger partial charge < -0.3 is 20.1 Å². The first kappa shape index (κ1) is 24.2. The van der Waals surface area contributed by atoms with Crippen LogP contribution in [0, 0.1) is 5.92 Å². The number of aliphatic imine (C=N–C) groups is 1. The van der Waals surface area contributed by atoms with Crippen molar-refractivity contribution in [1.29, 1.82) is 0 Å². The molecule has 1 aromatic carbocycles. The first-order chi connectivity index (χ1) is 14.4. The fourth-order valence-corrected chi connectivity index (χ4v) is 3.75. The van der Waals surface area contributed by atoms with Gasteiger partial charge in [0.1, 0.15) is 0 Å². The Morgan fingerprint density at radius 1 is 1.17 bits per heavy atom. The molecular formula is C23H38N4O3. The molecule has 1 aliphatic rings. The Labute approximate surface area is 181 Å². The summed E-state index contributed by atoms with van der Waals surface area (Å²) in [6.07, 6.45) is 2.09. The van der Waals surface area contributed by atoms with Crippen LogP contribution in [0.4, 0.5) is 5.69 Å². The van der Waals surface area contributed by atoms with E-state index in [-0.39, 0.29) is 5.56 Å². The molecule has 7 nitrogen and oxygen atoms in total. The van der Waals surface area contributed by atoms with Gasteiger partial charge in [0.25, 0.3) is 0 Å². The van der Waals surface area contributed by atoms with Gasteiger partial charge in [0.05, 0.1) is 5.56 Å². The van der Waals surface area contributed by atoms with Crippen molar-refractivity contribution in [3.05, 3.63) is 29.8 Å². The van der Waals surface area contributed by atoms with Crippen molar-refractivity contribution < 1.29 is 14.6 Å². The summed E-state index contributed by atoms with van der Waals surface area (Å²) in [7, 11) is 0. The minimum Gasteiger partial charge on any atom is -0.478 e. The lowest BCUT2D eigenvalue weighted by Crippen LogP contribution is -2.53. The Morgan fingerprint density at radius 3 is 2.40 bits per heavy atom. The van der Waals surface area contributed by atoms with E-state index in [4.69, 9.17) is 14.8 Å². The highest BCUT2D eigenvalue weighted by Crippen LogP contribution is 2.16. The topological polar surface area (TPSA) is 77.4 Å². The summed E-state index contributed by atoms with van der Waals surface area (Å²) < 4.78 is 5.42. The number of hydrogen-bond acceptors (Lipinski definition) is 4. The summed E-state index contributed by atoms with van der Waals surface area (Å²) in [4.78, 5) is 20.8. The first-order valence-electron chi connectivity index (χ1n) is 11.1. The molecule has 0 aromatic heterocycles. The van der Waals surface area contributed by atoms with E-state index in [1.54, 1.807) is 24.3 Å². The van der Waals surface area contributed by atoms with Crippen molar-refractivity contribution in [2.24, 2.45) is 10.9 Å². The molecule has 0 spiro atoms. The van der Waals surface area contributed by atoms with Crippen LogP contribution in [0.15, 0.2) is 29.3 Å². The molecule has 1 atom stereocenters. The average molecular weight is 419 g/mol. The molecule has 2 N–H and O–H groups in total. The van der Waals surface area contributed by atoms with Crippen LogP contribution in [0.25, 0.3) is 0 Å². The minimum absolute atomic E-state index is 0.281. The van der Waals surface area contributed by atoms with Crippen LogP contribution in [0.3, 0.4) is 0 Å². The van der Waals surface area contributed by atoms with Crippen LogP contribution in [0.2, 0.25) is 0 Å². The minimum atomic E-state index is -0.919. The Morgan fingerprint density at radius 2 is 1.83 bits per heavy atom. The quantitative estimate of drug-likeness (QED) is 0.343. The second-order valence-corrected chi connectivity index (χ2v) is 8.26. The second-order valence-electron chi connectivity index (χ2n) is 8.26. The van der Waals surface area contributed by atoms with Gasteiger partial charge in [-0.15, -0.1) is 0 Å². The maximum Gasteiger partial charge on any atom is 0.335 e. The average Bonchev–Trinajstić information content (AvgIpc) is 2.72. The molecule has 0 aliphatic carbocycles. The molecule has 0 bridgehead atoms. The van der Waals surface area contributed by atoms with Crippen molar-refractivity contribution in [1.82, 2.24) is 9.80 Å². The van der Waals surface area contributed by atoms with E-state index in [1.165, 1.54) is 6.42 Å². The predicted octanol–water partition coefficient (Wildman–Crippen LogP) is 3.63. The number of carboxylic acids is 1. The highest BCUT2D eigenvalue weighted by Gasteiger charge is 2.23. The van der Waals surface area contributed by atoms with E-state index in [2.05, 4.69) is 35.9 Å². The summed E-state index contributed by atoms with van der Waals surface area (Å²) in [5, 5.41) is 12.5. The van der Waals surface area contributed by atoms with E-state index >= 15 is 0 Å². The molecule has 30 heavy (non-hydrogen) atoms. The molecular weight excluding hydrogens is 380 g/mol. The van der Waals surface area contributed by atoms with Gasteiger partial charge in [0, 0.05) is 57.7 Å². The SMILES string of the molecule is CCOCCCN=C(Nc1ccc(C(=O)O)cc1)N1CCN([C@@H](C)CC(C)C)CC1. The number of ether oxygens (including phenoxy) is 1. The molecule has 1 aromatic rings. The van der Waals surface area contributed by atoms with Crippen LogP contribution in [-0.2, 0) is 4.74 Å². The molecule has 7 heteroatoms. The van der Waals surface area contributed by atoms with Crippen LogP contribution < -0.4 is 5.32 Å². The van der Waals surface area contributed by atoms with Crippen molar-refractivity contribution in [3.8, 4) is 0 Å². The molecule has 1 saturated heterocycles. The van der Waals surface area contributed by atoms with Crippen molar-refractivity contribution in [3.63, 3.8) is 0 Å². The van der Waals surface area contributed by atoms with Gasteiger partial charge in [0.15, 0.2) is 5.96 Å². The summed E-state index contributed by atoms with van der Waals surface area (Å²) >= 11 is 0. The fourth-order valence-electron chi connectivity index (χ4n) is 3.75. The molecule has 2 rings (SSSR count). The Balaban J connectivity index is 2.01. The van der Waals surface area contributed by atoms with Gasteiger partial charge >= 0.3 is 5.97 Å². The normalized spacial score (nSPS) is 16.7. The number of piperazine rings is 1. The maximum atomic E-state index is 11.1. The van der Waals surface area contributed by atoms with Gasteiger partial charge in [-0.1, -0.05) is 13.8 Å². The van der Waals surface area contributed by atoms with Gasteiger partial charge in [-0.2, -0.15) is 0 Å². The molecule has 0 amide bonds. The zero-order valence-corrected chi connectivity index (χ0v) is 18.9. The Bertz CT molecular complexity index is 668. The molecule has 0 radical (unpaired) electrons. The van der Waals surface area contributed by atoms with E-state index in [9.17, 15) is 4.79 Å². The van der Waals surface area contributed by atoms with Crippen molar-refractivity contribution >= 4 is 17.6 Å². The summed E-state index contributed by atoms with van der Waals surface area (Å²) in [6, 6.07) is 7.40. The number of nitrogens with one attached hydrogen (secondary N) is 1.